The summed E-state index contributed by atoms with van der Waals surface area (Å²) in [7, 11) is -4.59. The van der Waals surface area contributed by atoms with Crippen LogP contribution in [0, 0.1) is 10.1 Å². The molecule has 0 atom stereocenters. The van der Waals surface area contributed by atoms with E-state index in [0.717, 1.165) is 0 Å². The average molecular weight is 296 g/mol. The molecule has 19 heavy (non-hydrogen) atoms. The highest BCUT2D eigenvalue weighted by atomic mass is 32.2. The second-order valence-corrected chi connectivity index (χ2v) is 4.69. The Morgan fingerprint density at radius 2 is 2.00 bits per heavy atom. The first-order valence-electron chi connectivity index (χ1n) is 4.42. The molecule has 0 radical (unpaired) electrons. The van der Waals surface area contributed by atoms with Crippen LogP contribution in [-0.2, 0) is 10.0 Å². The number of hydrogen-bond acceptors (Lipinski definition) is 6. The summed E-state index contributed by atoms with van der Waals surface area (Å²) in [4.78, 5) is 19.2. The van der Waals surface area contributed by atoms with E-state index in [1.165, 1.54) is 0 Å². The molecule has 0 heterocycles. The number of halogens is 2. The Hall–Kier alpha value is -2.14. The van der Waals surface area contributed by atoms with Gasteiger partial charge < -0.3 is 4.74 Å². The normalized spacial score (nSPS) is 11.4. The van der Waals surface area contributed by atoms with Crippen LogP contribution in [0.3, 0.4) is 0 Å². The Bertz CT molecular complexity index is 630. The number of nitro benzene ring substituents is 1. The van der Waals surface area contributed by atoms with Gasteiger partial charge in [-0.05, 0) is 0 Å². The first-order chi connectivity index (χ1) is 8.66. The van der Waals surface area contributed by atoms with Crippen molar-refractivity contribution in [1.29, 1.82) is 0 Å². The highest BCUT2D eigenvalue weighted by Crippen LogP contribution is 2.32. The summed E-state index contributed by atoms with van der Waals surface area (Å²) in [6.07, 6.45) is -0.0562. The number of benzene rings is 1. The van der Waals surface area contributed by atoms with Crippen molar-refractivity contribution in [3.63, 3.8) is 0 Å². The van der Waals surface area contributed by atoms with E-state index >= 15 is 0 Å². The Labute approximate surface area is 105 Å². The van der Waals surface area contributed by atoms with Gasteiger partial charge in [0, 0.05) is 12.1 Å². The lowest BCUT2D eigenvalue weighted by molar-refractivity contribution is -0.385. The van der Waals surface area contributed by atoms with Crippen LogP contribution in [0.1, 0.15) is 10.4 Å². The number of primary sulfonamides is 1. The fraction of sp³-hybridized carbons (Fsp3) is 0.125. The van der Waals surface area contributed by atoms with E-state index in [1.54, 1.807) is 0 Å². The third-order valence-electron chi connectivity index (χ3n) is 1.92. The number of carbonyl (C=O) groups is 1. The molecule has 104 valence electrons. The standard InChI is InChI=1S/C8H6F2N2O6S/c9-8(10)18-7-4(3-13)1-5(12(14)15)2-6(7)19(11,16)17/h1-3,8H,(H2,11,16,17). The molecule has 0 aliphatic heterocycles. The van der Waals surface area contributed by atoms with E-state index in [1.807, 2.05) is 0 Å². The molecule has 0 aliphatic rings. The Morgan fingerprint density at radius 1 is 1.42 bits per heavy atom. The maximum Gasteiger partial charge on any atom is 0.387 e. The largest absolute Gasteiger partial charge is 0.433 e. The molecule has 1 aromatic rings. The zero-order valence-corrected chi connectivity index (χ0v) is 9.76. The molecule has 1 rings (SSSR count). The number of nitrogens with zero attached hydrogens (tertiary/aromatic N) is 1. The summed E-state index contributed by atoms with van der Waals surface area (Å²) < 4.78 is 50.6. The molecule has 11 heteroatoms. The number of rotatable bonds is 5. The van der Waals surface area contributed by atoms with Crippen molar-refractivity contribution in [2.75, 3.05) is 0 Å². The van der Waals surface area contributed by atoms with Gasteiger partial charge in [-0.2, -0.15) is 8.78 Å². The molecule has 2 N–H and O–H groups in total. The number of nitrogens with two attached hydrogens (primary N) is 1. The van der Waals surface area contributed by atoms with Gasteiger partial charge in [0.1, 0.15) is 4.90 Å². The van der Waals surface area contributed by atoms with Crippen molar-refractivity contribution in [2.45, 2.75) is 11.5 Å². The van der Waals surface area contributed by atoms with Crippen molar-refractivity contribution in [2.24, 2.45) is 5.14 Å². The van der Waals surface area contributed by atoms with Crippen LogP contribution in [0.25, 0.3) is 0 Å². The van der Waals surface area contributed by atoms with E-state index in [9.17, 15) is 32.1 Å². The van der Waals surface area contributed by atoms with Crippen LogP contribution < -0.4 is 9.88 Å². The van der Waals surface area contributed by atoms with Crippen LogP contribution in [-0.4, -0.2) is 26.2 Å². The molecule has 0 bridgehead atoms. The number of hydrogen-bond donors (Lipinski definition) is 1. The molecule has 1 aromatic carbocycles. The minimum absolute atomic E-state index is 0.0562. The maximum absolute atomic E-state index is 12.2. The number of alkyl halides is 2. The third kappa shape index (κ3) is 3.42. The van der Waals surface area contributed by atoms with Crippen LogP contribution in [0.2, 0.25) is 0 Å². The molecule has 0 spiro atoms. The highest BCUT2D eigenvalue weighted by molar-refractivity contribution is 7.89. The molecule has 0 unspecified atom stereocenters. The number of aldehydes is 1. The number of ether oxygens (including phenoxy) is 1. The van der Waals surface area contributed by atoms with Gasteiger partial charge in [-0.1, -0.05) is 0 Å². The number of nitro groups is 1. The summed E-state index contributed by atoms with van der Waals surface area (Å²) in [5, 5.41) is 15.3. The van der Waals surface area contributed by atoms with Gasteiger partial charge in [0.25, 0.3) is 5.69 Å². The Morgan fingerprint density at radius 3 is 2.37 bits per heavy atom. The molecular weight excluding hydrogens is 290 g/mol. The number of carbonyl (C=O) groups excluding carboxylic acids is 1. The second kappa shape index (κ2) is 5.24. The zero-order valence-electron chi connectivity index (χ0n) is 8.95. The zero-order chi connectivity index (χ0) is 14.8. The van der Waals surface area contributed by atoms with Crippen molar-refractivity contribution in [1.82, 2.24) is 0 Å². The van der Waals surface area contributed by atoms with Gasteiger partial charge in [-0.25, -0.2) is 13.6 Å². The molecule has 0 amide bonds. The molecule has 0 saturated carbocycles. The first-order valence-corrected chi connectivity index (χ1v) is 5.96. The summed E-state index contributed by atoms with van der Waals surface area (Å²) >= 11 is 0. The summed E-state index contributed by atoms with van der Waals surface area (Å²) in [6, 6.07) is 1.03. The molecule has 0 fully saturated rings. The second-order valence-electron chi connectivity index (χ2n) is 3.16. The first kappa shape index (κ1) is 14.9. The third-order valence-corrected chi connectivity index (χ3v) is 2.84. The lowest BCUT2D eigenvalue weighted by Gasteiger charge is -2.11. The summed E-state index contributed by atoms with van der Waals surface area (Å²) in [6.45, 7) is -3.43. The predicted octanol–water partition coefficient (Wildman–Crippen LogP) is 0.656. The van der Waals surface area contributed by atoms with Gasteiger partial charge in [-0.15, -0.1) is 0 Å². The maximum atomic E-state index is 12.2. The van der Waals surface area contributed by atoms with Crippen LogP contribution in [0.5, 0.6) is 5.75 Å². The number of sulfonamides is 1. The Kier molecular flexibility index (Phi) is 4.11. The molecule has 0 aromatic heterocycles. The quantitative estimate of drug-likeness (QED) is 0.482. The summed E-state index contributed by atoms with van der Waals surface area (Å²) in [5.41, 5.74) is -1.52. The molecule has 0 aliphatic carbocycles. The Balaban J connectivity index is 3.67. The van der Waals surface area contributed by atoms with Crippen molar-refractivity contribution in [3.8, 4) is 5.75 Å². The topological polar surface area (TPSA) is 130 Å². The van der Waals surface area contributed by atoms with E-state index < -0.39 is 43.5 Å². The van der Waals surface area contributed by atoms with Gasteiger partial charge in [-0.3, -0.25) is 14.9 Å². The molecule has 0 saturated heterocycles. The van der Waals surface area contributed by atoms with Crippen LogP contribution in [0.15, 0.2) is 17.0 Å². The van der Waals surface area contributed by atoms with Gasteiger partial charge >= 0.3 is 6.61 Å². The smallest absolute Gasteiger partial charge is 0.387 e. The summed E-state index contributed by atoms with van der Waals surface area (Å²) in [5.74, 6) is -1.03. The van der Waals surface area contributed by atoms with Crippen LogP contribution >= 0.6 is 0 Å². The van der Waals surface area contributed by atoms with Gasteiger partial charge in [0.2, 0.25) is 10.0 Å². The lowest BCUT2D eigenvalue weighted by atomic mass is 10.2. The highest BCUT2D eigenvalue weighted by Gasteiger charge is 2.26. The minimum Gasteiger partial charge on any atom is -0.433 e. The molecular formula is C8H6F2N2O6S. The monoisotopic (exact) mass is 296 g/mol. The number of non-ortho nitro benzene ring substituents is 1. The van der Waals surface area contributed by atoms with Gasteiger partial charge in [0.05, 0.1) is 10.5 Å². The van der Waals surface area contributed by atoms with E-state index in [4.69, 9.17) is 5.14 Å². The van der Waals surface area contributed by atoms with Crippen molar-refractivity contribution in [3.05, 3.63) is 27.8 Å². The fourth-order valence-electron chi connectivity index (χ4n) is 1.23. The van der Waals surface area contributed by atoms with E-state index in [-0.39, 0.29) is 6.29 Å². The fourth-order valence-corrected chi connectivity index (χ4v) is 1.94. The van der Waals surface area contributed by atoms with Gasteiger partial charge in [0.15, 0.2) is 12.0 Å². The van der Waals surface area contributed by atoms with Crippen LogP contribution in [0.4, 0.5) is 14.5 Å². The van der Waals surface area contributed by atoms with E-state index in [2.05, 4.69) is 4.74 Å². The van der Waals surface area contributed by atoms with Crippen molar-refractivity contribution >= 4 is 22.0 Å². The average Bonchev–Trinajstić information content (AvgIpc) is 2.26. The molecule has 8 nitrogen and oxygen atoms in total. The van der Waals surface area contributed by atoms with E-state index in [0.29, 0.717) is 12.1 Å². The van der Waals surface area contributed by atoms with Crippen molar-refractivity contribution < 1.29 is 31.7 Å². The SMILES string of the molecule is NS(=O)(=O)c1cc([N+](=O)[O-])cc(C=O)c1OC(F)F. The lowest BCUT2D eigenvalue weighted by Crippen LogP contribution is -2.17. The predicted molar refractivity (Wildman–Crippen MR) is 56.5 cm³/mol. The minimum atomic E-state index is -4.59.